The number of halogens is 3. The fourth-order valence-corrected chi connectivity index (χ4v) is 5.52. The van der Waals surface area contributed by atoms with E-state index >= 15 is 0 Å². The highest BCUT2D eigenvalue weighted by molar-refractivity contribution is 9.10. The Morgan fingerprint density at radius 3 is 2.54 bits per heavy atom. The number of sulfonamides is 1. The second-order valence-corrected chi connectivity index (χ2v) is 11.7. The largest absolute Gasteiger partial charge is 0.340 e. The van der Waals surface area contributed by atoms with Gasteiger partial charge in [0.1, 0.15) is 11.9 Å². The minimum atomic E-state index is -3.91. The van der Waals surface area contributed by atoms with Crippen molar-refractivity contribution in [3.8, 4) is 0 Å². The second-order valence-electron chi connectivity index (χ2n) is 8.69. The Kier molecular flexibility index (Phi) is 8.33. The van der Waals surface area contributed by atoms with Gasteiger partial charge in [-0.2, -0.15) is 0 Å². The smallest absolute Gasteiger partial charge is 0.251 e. The number of nitrogens with zero attached hydrogens (tertiary/aromatic N) is 1. The third-order valence-electron chi connectivity index (χ3n) is 6.08. The fraction of sp³-hybridized carbons (Fsp3) is 0.231. The fourth-order valence-electron chi connectivity index (χ4n) is 3.98. The summed E-state index contributed by atoms with van der Waals surface area (Å²) in [5.41, 5.74) is 2.76. The first-order valence-corrected chi connectivity index (χ1v) is 14.1. The van der Waals surface area contributed by atoms with E-state index in [9.17, 15) is 22.4 Å². The Bertz CT molecular complexity index is 1450. The molecule has 194 valence electrons. The van der Waals surface area contributed by atoms with Gasteiger partial charge in [-0.25, -0.2) is 17.5 Å². The Hall–Kier alpha value is -2.79. The highest BCUT2D eigenvalue weighted by Crippen LogP contribution is 2.26. The summed E-state index contributed by atoms with van der Waals surface area (Å²) in [6.45, 7) is 2.50. The van der Waals surface area contributed by atoms with Gasteiger partial charge in [0, 0.05) is 28.8 Å². The van der Waals surface area contributed by atoms with Crippen LogP contribution in [0.1, 0.15) is 34.3 Å². The molecule has 11 heteroatoms. The van der Waals surface area contributed by atoms with Crippen LogP contribution in [0.2, 0.25) is 5.02 Å². The zero-order valence-corrected chi connectivity index (χ0v) is 23.0. The molecule has 4 rings (SSSR count). The minimum absolute atomic E-state index is 0.0398. The Morgan fingerprint density at radius 1 is 1.14 bits per heavy atom. The number of carbonyl (C=O) groups is 2. The van der Waals surface area contributed by atoms with Crippen LogP contribution in [0.15, 0.2) is 70.0 Å². The number of rotatable bonds is 7. The van der Waals surface area contributed by atoms with Crippen LogP contribution < -0.4 is 14.9 Å². The van der Waals surface area contributed by atoms with Crippen molar-refractivity contribution >= 4 is 55.1 Å². The van der Waals surface area contributed by atoms with Gasteiger partial charge in [0.05, 0.1) is 9.92 Å². The average molecular weight is 609 g/mol. The van der Waals surface area contributed by atoms with E-state index in [1.165, 1.54) is 0 Å². The van der Waals surface area contributed by atoms with Gasteiger partial charge < -0.3 is 10.2 Å². The van der Waals surface area contributed by atoms with E-state index in [0.717, 1.165) is 40.3 Å². The maximum absolute atomic E-state index is 13.3. The number of hydrogen-bond acceptors (Lipinski definition) is 4. The van der Waals surface area contributed by atoms with Crippen LogP contribution in [0, 0.1) is 12.7 Å². The number of benzene rings is 3. The molecule has 1 atom stereocenters. The van der Waals surface area contributed by atoms with Gasteiger partial charge >= 0.3 is 0 Å². The van der Waals surface area contributed by atoms with Gasteiger partial charge in [-0.15, -0.1) is 0 Å². The maximum Gasteiger partial charge on any atom is 0.251 e. The van der Waals surface area contributed by atoms with Crippen molar-refractivity contribution < 1.29 is 22.4 Å². The molecular weight excluding hydrogens is 585 g/mol. The van der Waals surface area contributed by atoms with E-state index in [2.05, 4.69) is 26.0 Å². The first-order chi connectivity index (χ1) is 17.5. The van der Waals surface area contributed by atoms with Crippen LogP contribution in [0.5, 0.6) is 0 Å². The number of piperidine rings is 1. The number of anilines is 1. The van der Waals surface area contributed by atoms with Gasteiger partial charge in [-0.1, -0.05) is 39.7 Å². The zero-order valence-electron chi connectivity index (χ0n) is 19.8. The lowest BCUT2D eigenvalue weighted by atomic mass is 10.0. The highest BCUT2D eigenvalue weighted by atomic mass is 79.9. The van der Waals surface area contributed by atoms with Crippen LogP contribution in [0.3, 0.4) is 0 Å². The monoisotopic (exact) mass is 607 g/mol. The highest BCUT2D eigenvalue weighted by Gasteiger charge is 2.31. The van der Waals surface area contributed by atoms with Crippen molar-refractivity contribution in [3.63, 3.8) is 0 Å². The molecule has 3 aromatic carbocycles. The van der Waals surface area contributed by atoms with Gasteiger partial charge in [0.25, 0.3) is 5.91 Å². The molecule has 0 bridgehead atoms. The predicted molar refractivity (Wildman–Crippen MR) is 144 cm³/mol. The molecule has 37 heavy (non-hydrogen) atoms. The number of nitrogens with one attached hydrogen (secondary N) is 2. The summed E-state index contributed by atoms with van der Waals surface area (Å²) in [4.78, 5) is 27.5. The van der Waals surface area contributed by atoms with E-state index in [1.807, 2.05) is 25.1 Å². The van der Waals surface area contributed by atoms with Crippen LogP contribution >= 0.6 is 27.5 Å². The number of hydrogen-bond donors (Lipinski definition) is 2. The Labute approximate surface area is 228 Å². The summed E-state index contributed by atoms with van der Waals surface area (Å²) in [5.74, 6) is -1.26. The lowest BCUT2D eigenvalue weighted by molar-refractivity contribution is -0.121. The molecule has 1 fully saturated rings. The zero-order chi connectivity index (χ0) is 26.7. The van der Waals surface area contributed by atoms with Gasteiger partial charge in [0.15, 0.2) is 0 Å². The lowest BCUT2D eigenvalue weighted by Crippen LogP contribution is -2.52. The first-order valence-electron chi connectivity index (χ1n) is 11.5. The van der Waals surface area contributed by atoms with Crippen molar-refractivity contribution in [2.75, 3.05) is 11.4 Å². The first kappa shape index (κ1) is 27.3. The molecule has 3 aromatic rings. The van der Waals surface area contributed by atoms with Crippen LogP contribution in [-0.4, -0.2) is 32.8 Å². The third-order valence-corrected chi connectivity index (χ3v) is 8.66. The second kappa shape index (κ2) is 11.3. The maximum atomic E-state index is 13.3. The molecule has 1 heterocycles. The standard InChI is InChI=1S/C26H24BrClFN3O4S/c1-16-13-19(8-10-21(16)27)32-12-2-3-24(26(32)34)31-25(33)18-6-4-17(5-7-18)15-30-37(35,36)20-9-11-23(29)22(28)14-20/h4-11,13-14,24,30H,2-3,12,15H2,1H3,(H,31,33). The predicted octanol–water partition coefficient (Wildman–Crippen LogP) is 4.95. The van der Waals surface area contributed by atoms with Gasteiger partial charge in [-0.05, 0) is 79.4 Å². The van der Waals surface area contributed by atoms with Crippen LogP contribution in [-0.2, 0) is 21.4 Å². The van der Waals surface area contributed by atoms with Crippen molar-refractivity contribution in [3.05, 3.63) is 92.7 Å². The SMILES string of the molecule is Cc1cc(N2CCCC(NC(=O)c3ccc(CNS(=O)(=O)c4ccc(F)c(Cl)c4)cc3)C2=O)ccc1Br. The molecule has 2 N–H and O–H groups in total. The molecule has 1 aliphatic heterocycles. The molecule has 0 radical (unpaired) electrons. The van der Waals surface area contributed by atoms with Gasteiger partial charge in [0.2, 0.25) is 15.9 Å². The van der Waals surface area contributed by atoms with Crippen molar-refractivity contribution in [1.29, 1.82) is 0 Å². The lowest BCUT2D eigenvalue weighted by Gasteiger charge is -2.33. The van der Waals surface area contributed by atoms with Gasteiger partial charge in [-0.3, -0.25) is 9.59 Å². The summed E-state index contributed by atoms with van der Waals surface area (Å²) >= 11 is 9.15. The van der Waals surface area contributed by atoms with Crippen molar-refractivity contribution in [2.45, 2.75) is 37.2 Å². The van der Waals surface area contributed by atoms with Crippen molar-refractivity contribution in [2.24, 2.45) is 0 Å². The van der Waals surface area contributed by atoms with E-state index < -0.39 is 21.9 Å². The molecule has 1 saturated heterocycles. The molecule has 0 aromatic heterocycles. The summed E-state index contributed by atoms with van der Waals surface area (Å²) in [7, 11) is -3.91. The topological polar surface area (TPSA) is 95.6 Å². The van der Waals surface area contributed by atoms with E-state index in [-0.39, 0.29) is 28.3 Å². The molecule has 0 aliphatic carbocycles. The third kappa shape index (κ3) is 6.38. The summed E-state index contributed by atoms with van der Waals surface area (Å²) in [6.07, 6.45) is 1.30. The average Bonchev–Trinajstić information content (AvgIpc) is 2.87. The van der Waals surface area contributed by atoms with E-state index in [4.69, 9.17) is 11.6 Å². The minimum Gasteiger partial charge on any atom is -0.340 e. The van der Waals surface area contributed by atoms with Crippen molar-refractivity contribution in [1.82, 2.24) is 10.0 Å². The van der Waals surface area contributed by atoms with E-state index in [0.29, 0.717) is 24.1 Å². The quantitative estimate of drug-likeness (QED) is 0.397. The molecule has 0 saturated carbocycles. The Balaban J connectivity index is 1.37. The Morgan fingerprint density at radius 2 is 1.86 bits per heavy atom. The molecular formula is C26H24BrClFN3O4S. The normalized spacial score (nSPS) is 16.1. The number of aryl methyl sites for hydroxylation is 1. The molecule has 1 unspecified atom stereocenters. The molecule has 0 spiro atoms. The van der Waals surface area contributed by atoms with Crippen LogP contribution in [0.25, 0.3) is 0 Å². The summed E-state index contributed by atoms with van der Waals surface area (Å²) < 4.78 is 41.6. The molecule has 2 amide bonds. The number of carbonyl (C=O) groups excluding carboxylic acids is 2. The van der Waals surface area contributed by atoms with E-state index in [1.54, 1.807) is 29.2 Å². The molecule has 7 nitrogen and oxygen atoms in total. The summed E-state index contributed by atoms with van der Waals surface area (Å²) in [6, 6.07) is 14.6. The summed E-state index contributed by atoms with van der Waals surface area (Å²) in [5, 5.41) is 2.54. The number of amides is 2. The van der Waals surface area contributed by atoms with Crippen LogP contribution in [0.4, 0.5) is 10.1 Å². The molecule has 1 aliphatic rings.